The summed E-state index contributed by atoms with van der Waals surface area (Å²) >= 11 is 0. The van der Waals surface area contributed by atoms with Crippen LogP contribution in [0.3, 0.4) is 0 Å². The van der Waals surface area contributed by atoms with Crippen LogP contribution in [0.1, 0.15) is 23.5 Å². The highest BCUT2D eigenvalue weighted by atomic mass is 16.6. The fraction of sp³-hybridized carbons (Fsp3) is 0.261. The normalized spacial score (nSPS) is 12.8. The van der Waals surface area contributed by atoms with Gasteiger partial charge in [-0.3, -0.25) is 0 Å². The number of nitrogens with one attached hydrogen (secondary N) is 2. The third-order valence-corrected chi connectivity index (χ3v) is 4.97. The summed E-state index contributed by atoms with van der Waals surface area (Å²) < 4.78 is 10.1. The summed E-state index contributed by atoms with van der Waals surface area (Å²) in [4.78, 5) is 35.1. The van der Waals surface area contributed by atoms with E-state index in [1.54, 1.807) is 0 Å². The monoisotopic (exact) mass is 424 g/mol. The van der Waals surface area contributed by atoms with Gasteiger partial charge in [0.15, 0.2) is 0 Å². The molecular weight excluding hydrogens is 400 g/mol. The van der Waals surface area contributed by atoms with Gasteiger partial charge in [-0.15, -0.1) is 0 Å². The number of benzene rings is 2. The molecule has 0 unspecified atom stereocenters. The summed E-state index contributed by atoms with van der Waals surface area (Å²) in [5, 5.41) is 14.1. The molecule has 0 fully saturated rings. The van der Waals surface area contributed by atoms with Gasteiger partial charge in [-0.2, -0.15) is 0 Å². The highest BCUT2D eigenvalue weighted by Gasteiger charge is 2.29. The fourth-order valence-electron chi connectivity index (χ4n) is 3.54. The van der Waals surface area contributed by atoms with Crippen molar-refractivity contribution < 1.29 is 29.0 Å². The largest absolute Gasteiger partial charge is 0.480 e. The van der Waals surface area contributed by atoms with Crippen LogP contribution < -0.4 is 10.6 Å². The molecule has 31 heavy (non-hydrogen) atoms. The second-order valence-corrected chi connectivity index (χ2v) is 6.96. The Morgan fingerprint density at radius 1 is 1.00 bits per heavy atom. The molecule has 2 amide bonds. The molecular formula is C23H24N2O6. The average molecular weight is 424 g/mol. The van der Waals surface area contributed by atoms with Gasteiger partial charge in [0, 0.05) is 12.5 Å². The minimum absolute atomic E-state index is 0.0105. The lowest BCUT2D eigenvalue weighted by Crippen LogP contribution is -2.43. The Balaban J connectivity index is 1.54. The van der Waals surface area contributed by atoms with Crippen molar-refractivity contribution in [2.75, 3.05) is 19.8 Å². The standard InChI is InChI=1S/C23H24N2O6/c1-2-13-30-22(28)24-12-11-20(21(26)27)25-23(29)31-14-19-17-9-5-3-7-15(17)16-8-4-6-10-18(16)19/h2-10,19-20H,1,11-14H2,(H,24,28)(H,25,29)(H,26,27)/t20-/m1/s1. The molecule has 0 saturated heterocycles. The minimum atomic E-state index is -1.23. The van der Waals surface area contributed by atoms with Crippen LogP contribution in [-0.4, -0.2) is 49.1 Å². The van der Waals surface area contributed by atoms with Gasteiger partial charge < -0.3 is 25.2 Å². The molecule has 0 aromatic heterocycles. The number of amides is 2. The van der Waals surface area contributed by atoms with Crippen LogP contribution in [0.5, 0.6) is 0 Å². The van der Waals surface area contributed by atoms with Gasteiger partial charge in [0.1, 0.15) is 19.3 Å². The van der Waals surface area contributed by atoms with Gasteiger partial charge in [0.2, 0.25) is 0 Å². The lowest BCUT2D eigenvalue weighted by atomic mass is 9.98. The van der Waals surface area contributed by atoms with Crippen LogP contribution in [0, 0.1) is 0 Å². The van der Waals surface area contributed by atoms with Gasteiger partial charge in [-0.05, 0) is 28.7 Å². The van der Waals surface area contributed by atoms with E-state index < -0.39 is 24.2 Å². The number of ether oxygens (including phenoxy) is 2. The maximum Gasteiger partial charge on any atom is 0.407 e. The summed E-state index contributed by atoms with van der Waals surface area (Å²) in [6, 6.07) is 14.6. The van der Waals surface area contributed by atoms with E-state index in [2.05, 4.69) is 17.2 Å². The summed E-state index contributed by atoms with van der Waals surface area (Å²) in [6.45, 7) is 3.56. The molecule has 0 saturated carbocycles. The highest BCUT2D eigenvalue weighted by Crippen LogP contribution is 2.44. The average Bonchev–Trinajstić information content (AvgIpc) is 3.09. The molecule has 0 aliphatic heterocycles. The molecule has 3 rings (SSSR count). The second-order valence-electron chi connectivity index (χ2n) is 6.96. The van der Waals surface area contributed by atoms with Crippen molar-refractivity contribution in [3.63, 3.8) is 0 Å². The summed E-state index contributed by atoms with van der Waals surface area (Å²) in [5.41, 5.74) is 4.33. The molecule has 2 aromatic carbocycles. The first-order chi connectivity index (χ1) is 15.0. The van der Waals surface area contributed by atoms with Crippen molar-refractivity contribution in [3.05, 3.63) is 72.3 Å². The Hall–Kier alpha value is -3.81. The van der Waals surface area contributed by atoms with Crippen LogP contribution in [0.15, 0.2) is 61.2 Å². The van der Waals surface area contributed by atoms with E-state index >= 15 is 0 Å². The molecule has 3 N–H and O–H groups in total. The maximum atomic E-state index is 12.3. The molecule has 8 heteroatoms. The first kappa shape index (κ1) is 21.9. The number of carboxylic acid groups (broad SMARTS) is 1. The Labute approximate surface area is 179 Å². The molecule has 2 aromatic rings. The van der Waals surface area contributed by atoms with Crippen LogP contribution in [-0.2, 0) is 14.3 Å². The molecule has 1 aliphatic carbocycles. The summed E-state index contributed by atoms with van der Waals surface area (Å²) in [5.74, 6) is -1.35. The lowest BCUT2D eigenvalue weighted by Gasteiger charge is -2.17. The molecule has 162 valence electrons. The SMILES string of the molecule is C=CCOC(=O)NCC[C@@H](NC(=O)OCC1c2ccccc2-c2ccccc21)C(=O)O. The number of hydrogen-bond donors (Lipinski definition) is 3. The molecule has 0 spiro atoms. The van der Waals surface area contributed by atoms with Crippen LogP contribution in [0.2, 0.25) is 0 Å². The minimum Gasteiger partial charge on any atom is -0.480 e. The number of carboxylic acids is 1. The molecule has 8 nitrogen and oxygen atoms in total. The number of hydrogen-bond acceptors (Lipinski definition) is 5. The van der Waals surface area contributed by atoms with E-state index in [1.165, 1.54) is 6.08 Å². The van der Waals surface area contributed by atoms with Crippen molar-refractivity contribution in [1.82, 2.24) is 10.6 Å². The molecule has 0 radical (unpaired) electrons. The van der Waals surface area contributed by atoms with Crippen molar-refractivity contribution in [3.8, 4) is 11.1 Å². The Morgan fingerprint density at radius 3 is 2.19 bits per heavy atom. The highest BCUT2D eigenvalue weighted by molar-refractivity contribution is 5.81. The van der Waals surface area contributed by atoms with Gasteiger partial charge in [-0.25, -0.2) is 14.4 Å². The van der Waals surface area contributed by atoms with Crippen molar-refractivity contribution >= 4 is 18.2 Å². The lowest BCUT2D eigenvalue weighted by molar-refractivity contribution is -0.139. The van der Waals surface area contributed by atoms with Gasteiger partial charge in [0.25, 0.3) is 0 Å². The first-order valence-electron chi connectivity index (χ1n) is 9.87. The molecule has 0 bridgehead atoms. The van der Waals surface area contributed by atoms with E-state index in [4.69, 9.17) is 9.47 Å². The predicted molar refractivity (Wildman–Crippen MR) is 114 cm³/mol. The fourth-order valence-corrected chi connectivity index (χ4v) is 3.54. The van der Waals surface area contributed by atoms with Gasteiger partial charge >= 0.3 is 18.2 Å². The number of carbonyl (C=O) groups excluding carboxylic acids is 2. The molecule has 1 atom stereocenters. The van der Waals surface area contributed by atoms with Gasteiger partial charge in [-0.1, -0.05) is 61.2 Å². The van der Waals surface area contributed by atoms with Gasteiger partial charge in [0.05, 0.1) is 0 Å². The second kappa shape index (κ2) is 10.3. The molecule has 0 heterocycles. The Kier molecular flexibility index (Phi) is 7.26. The maximum absolute atomic E-state index is 12.3. The quantitative estimate of drug-likeness (QED) is 0.533. The zero-order chi connectivity index (χ0) is 22.2. The van der Waals surface area contributed by atoms with Crippen LogP contribution >= 0.6 is 0 Å². The summed E-state index contributed by atoms with van der Waals surface area (Å²) in [6.07, 6.45) is -0.130. The van der Waals surface area contributed by atoms with E-state index in [0.29, 0.717) is 0 Å². The third-order valence-electron chi connectivity index (χ3n) is 4.97. The Morgan fingerprint density at radius 2 is 1.61 bits per heavy atom. The topological polar surface area (TPSA) is 114 Å². The number of rotatable bonds is 9. The smallest absolute Gasteiger partial charge is 0.407 e. The summed E-state index contributed by atoms with van der Waals surface area (Å²) in [7, 11) is 0. The third kappa shape index (κ3) is 5.42. The van der Waals surface area contributed by atoms with E-state index in [9.17, 15) is 19.5 Å². The molecule has 1 aliphatic rings. The predicted octanol–water partition coefficient (Wildman–Crippen LogP) is 3.28. The first-order valence-corrected chi connectivity index (χ1v) is 9.87. The van der Waals surface area contributed by atoms with Crippen molar-refractivity contribution in [2.45, 2.75) is 18.4 Å². The van der Waals surface area contributed by atoms with Crippen LogP contribution in [0.4, 0.5) is 9.59 Å². The number of carbonyl (C=O) groups is 3. The number of fused-ring (bicyclic) bond motifs is 3. The van der Waals surface area contributed by atoms with Crippen molar-refractivity contribution in [2.24, 2.45) is 0 Å². The van der Waals surface area contributed by atoms with E-state index in [0.717, 1.165) is 22.3 Å². The van der Waals surface area contributed by atoms with Crippen LogP contribution in [0.25, 0.3) is 11.1 Å². The number of aliphatic carboxylic acids is 1. The van der Waals surface area contributed by atoms with E-state index in [1.807, 2.05) is 48.5 Å². The Bertz CT molecular complexity index is 929. The zero-order valence-corrected chi connectivity index (χ0v) is 16.9. The van der Waals surface area contributed by atoms with E-state index in [-0.39, 0.29) is 32.1 Å². The zero-order valence-electron chi connectivity index (χ0n) is 16.9. The number of alkyl carbamates (subject to hydrolysis) is 2. The van der Waals surface area contributed by atoms with Crippen molar-refractivity contribution in [1.29, 1.82) is 0 Å².